The van der Waals surface area contributed by atoms with Crippen LogP contribution < -0.4 is 14.8 Å². The normalized spacial score (nSPS) is 16.4. The highest BCUT2D eigenvalue weighted by Gasteiger charge is 2.24. The number of hydrogen-bond donors (Lipinski definition) is 2. The predicted molar refractivity (Wildman–Crippen MR) is 73.0 cm³/mol. The smallest absolute Gasteiger partial charge is 0.387 e. The van der Waals surface area contributed by atoms with Crippen LogP contribution in [0.2, 0.25) is 0 Å². The summed E-state index contributed by atoms with van der Waals surface area (Å²) in [6, 6.07) is 11.2. The molecule has 21 heavy (non-hydrogen) atoms. The summed E-state index contributed by atoms with van der Waals surface area (Å²) in [6.07, 6.45) is 0. The summed E-state index contributed by atoms with van der Waals surface area (Å²) in [7, 11) is 0. The Bertz CT molecular complexity index is 649. The Kier molecular flexibility index (Phi) is 3.51. The minimum absolute atomic E-state index is 0.0971. The first-order valence-corrected chi connectivity index (χ1v) is 6.39. The molecular weight excluding hydrogens is 280 g/mol. The first kappa shape index (κ1) is 13.5. The van der Waals surface area contributed by atoms with Gasteiger partial charge in [0.15, 0.2) is 0 Å². The average Bonchev–Trinajstić information content (AvgIpc) is 2.80. The van der Waals surface area contributed by atoms with Crippen molar-refractivity contribution < 1.29 is 23.4 Å². The second-order valence-electron chi connectivity index (χ2n) is 4.64. The average molecular weight is 293 g/mol. The fourth-order valence-corrected chi connectivity index (χ4v) is 2.28. The maximum atomic E-state index is 12.2. The van der Waals surface area contributed by atoms with Crippen molar-refractivity contribution in [2.45, 2.75) is 12.7 Å². The first-order chi connectivity index (χ1) is 10.1. The number of phenolic OH excluding ortho intramolecular Hbond substituents is 1. The molecule has 1 heterocycles. The maximum Gasteiger partial charge on any atom is 0.387 e. The highest BCUT2D eigenvalue weighted by atomic mass is 19.3. The fourth-order valence-electron chi connectivity index (χ4n) is 2.28. The topological polar surface area (TPSA) is 50.7 Å². The van der Waals surface area contributed by atoms with E-state index in [1.165, 1.54) is 12.1 Å². The molecule has 0 aromatic heterocycles. The number of fused-ring (bicyclic) bond motifs is 1. The molecule has 0 saturated carbocycles. The van der Waals surface area contributed by atoms with Gasteiger partial charge in [-0.05, 0) is 24.3 Å². The number of alkyl halides is 2. The second-order valence-corrected chi connectivity index (χ2v) is 4.64. The molecule has 3 rings (SSSR count). The van der Waals surface area contributed by atoms with Crippen LogP contribution in [0.15, 0.2) is 42.5 Å². The minimum atomic E-state index is -2.85. The summed E-state index contributed by atoms with van der Waals surface area (Å²) in [6.45, 7) is -2.45. The number of halogens is 2. The van der Waals surface area contributed by atoms with Gasteiger partial charge < -0.3 is 19.9 Å². The van der Waals surface area contributed by atoms with Crippen molar-refractivity contribution in [3.8, 4) is 17.2 Å². The highest BCUT2D eigenvalue weighted by Crippen LogP contribution is 2.37. The molecule has 0 bridgehead atoms. The summed E-state index contributed by atoms with van der Waals surface area (Å²) < 4.78 is 34.3. The van der Waals surface area contributed by atoms with Crippen molar-refractivity contribution in [3.63, 3.8) is 0 Å². The largest absolute Gasteiger partial charge is 0.508 e. The third kappa shape index (κ3) is 2.99. The van der Waals surface area contributed by atoms with Crippen LogP contribution >= 0.6 is 0 Å². The van der Waals surface area contributed by atoms with Crippen LogP contribution in [-0.2, 0) is 0 Å². The lowest BCUT2D eigenvalue weighted by Gasteiger charge is -2.14. The Labute approximate surface area is 119 Å². The molecule has 1 aliphatic rings. The molecule has 0 aliphatic carbocycles. The van der Waals surface area contributed by atoms with E-state index in [4.69, 9.17) is 4.74 Å². The van der Waals surface area contributed by atoms with Gasteiger partial charge in [-0.3, -0.25) is 0 Å². The van der Waals surface area contributed by atoms with Gasteiger partial charge in [-0.25, -0.2) is 0 Å². The molecule has 1 atom stereocenters. The van der Waals surface area contributed by atoms with E-state index in [1.54, 1.807) is 30.3 Å². The Hall–Kier alpha value is -2.50. The van der Waals surface area contributed by atoms with E-state index in [9.17, 15) is 13.9 Å². The molecule has 2 aromatic carbocycles. The lowest BCUT2D eigenvalue weighted by molar-refractivity contribution is -0.0498. The third-order valence-corrected chi connectivity index (χ3v) is 3.18. The molecule has 0 amide bonds. The third-order valence-electron chi connectivity index (χ3n) is 3.18. The van der Waals surface area contributed by atoms with Crippen LogP contribution in [0.5, 0.6) is 17.2 Å². The van der Waals surface area contributed by atoms with E-state index < -0.39 is 6.61 Å². The SMILES string of the molecule is Oc1ccc2c(c1)OCC2Nc1cccc(OC(F)F)c1. The summed E-state index contributed by atoms with van der Waals surface area (Å²) in [4.78, 5) is 0. The molecule has 0 radical (unpaired) electrons. The van der Waals surface area contributed by atoms with E-state index in [2.05, 4.69) is 10.1 Å². The van der Waals surface area contributed by atoms with Crippen LogP contribution in [0.1, 0.15) is 11.6 Å². The number of aromatic hydroxyl groups is 1. The first-order valence-electron chi connectivity index (χ1n) is 6.39. The molecule has 2 N–H and O–H groups in total. The van der Waals surface area contributed by atoms with Crippen molar-refractivity contribution in [2.24, 2.45) is 0 Å². The van der Waals surface area contributed by atoms with Gasteiger partial charge in [0.25, 0.3) is 0 Å². The monoisotopic (exact) mass is 293 g/mol. The summed E-state index contributed by atoms with van der Waals surface area (Å²) in [5.41, 5.74) is 1.57. The standard InChI is InChI=1S/C15H13F2NO3/c16-15(17)21-11-3-1-2-9(6-11)18-13-8-20-14-7-10(19)4-5-12(13)14/h1-7,13,15,18-19H,8H2. The summed E-state index contributed by atoms with van der Waals surface area (Å²) in [5.74, 6) is 0.856. The van der Waals surface area contributed by atoms with E-state index in [0.717, 1.165) is 5.56 Å². The Balaban J connectivity index is 1.77. The van der Waals surface area contributed by atoms with Crippen LogP contribution in [0.3, 0.4) is 0 Å². The summed E-state index contributed by atoms with van der Waals surface area (Å²) in [5, 5.41) is 12.6. The van der Waals surface area contributed by atoms with Gasteiger partial charge >= 0.3 is 6.61 Å². The molecule has 2 aromatic rings. The zero-order valence-electron chi connectivity index (χ0n) is 10.9. The molecule has 110 valence electrons. The van der Waals surface area contributed by atoms with Crippen LogP contribution in [-0.4, -0.2) is 18.3 Å². The summed E-state index contributed by atoms with van der Waals surface area (Å²) >= 11 is 0. The van der Waals surface area contributed by atoms with Gasteiger partial charge in [0.05, 0.1) is 6.04 Å². The molecule has 0 fully saturated rings. The number of anilines is 1. The van der Waals surface area contributed by atoms with Crippen molar-refractivity contribution in [1.82, 2.24) is 0 Å². The molecule has 1 aliphatic heterocycles. The second kappa shape index (κ2) is 5.47. The highest BCUT2D eigenvalue weighted by molar-refractivity contribution is 5.53. The lowest BCUT2D eigenvalue weighted by Crippen LogP contribution is -2.12. The molecule has 4 nitrogen and oxygen atoms in total. The number of hydrogen-bond acceptors (Lipinski definition) is 4. The van der Waals surface area contributed by atoms with Crippen LogP contribution in [0.4, 0.5) is 14.5 Å². The van der Waals surface area contributed by atoms with E-state index in [-0.39, 0.29) is 17.5 Å². The van der Waals surface area contributed by atoms with Crippen molar-refractivity contribution in [3.05, 3.63) is 48.0 Å². The van der Waals surface area contributed by atoms with Crippen LogP contribution in [0, 0.1) is 0 Å². The van der Waals surface area contributed by atoms with Gasteiger partial charge in [0.2, 0.25) is 0 Å². The Morgan fingerprint density at radius 2 is 2.10 bits per heavy atom. The van der Waals surface area contributed by atoms with E-state index in [1.807, 2.05) is 0 Å². The van der Waals surface area contributed by atoms with Crippen LogP contribution in [0.25, 0.3) is 0 Å². The molecule has 0 spiro atoms. The molecule has 1 unspecified atom stereocenters. The Morgan fingerprint density at radius 3 is 2.90 bits per heavy atom. The molecular formula is C15H13F2NO3. The van der Waals surface area contributed by atoms with Gasteiger partial charge in [-0.15, -0.1) is 0 Å². The zero-order valence-corrected chi connectivity index (χ0v) is 10.9. The van der Waals surface area contributed by atoms with Crippen molar-refractivity contribution in [2.75, 3.05) is 11.9 Å². The predicted octanol–water partition coefficient (Wildman–Crippen LogP) is 3.54. The van der Waals surface area contributed by atoms with Gasteiger partial charge in [-0.1, -0.05) is 6.07 Å². The fraction of sp³-hybridized carbons (Fsp3) is 0.200. The Morgan fingerprint density at radius 1 is 1.24 bits per heavy atom. The zero-order chi connectivity index (χ0) is 14.8. The number of ether oxygens (including phenoxy) is 2. The number of benzene rings is 2. The van der Waals surface area contributed by atoms with Gasteiger partial charge in [0, 0.05) is 23.4 Å². The van der Waals surface area contributed by atoms with E-state index in [0.29, 0.717) is 18.0 Å². The lowest BCUT2D eigenvalue weighted by atomic mass is 10.1. The van der Waals surface area contributed by atoms with Gasteiger partial charge in [0.1, 0.15) is 23.9 Å². The molecule has 0 saturated heterocycles. The van der Waals surface area contributed by atoms with Gasteiger partial charge in [-0.2, -0.15) is 8.78 Å². The quantitative estimate of drug-likeness (QED) is 0.905. The van der Waals surface area contributed by atoms with Crippen molar-refractivity contribution >= 4 is 5.69 Å². The number of rotatable bonds is 4. The van der Waals surface area contributed by atoms with E-state index >= 15 is 0 Å². The van der Waals surface area contributed by atoms with Crippen molar-refractivity contribution in [1.29, 1.82) is 0 Å². The maximum absolute atomic E-state index is 12.2. The molecule has 6 heteroatoms. The number of nitrogens with one attached hydrogen (secondary N) is 1. The minimum Gasteiger partial charge on any atom is -0.508 e. The number of phenols is 1.